The summed E-state index contributed by atoms with van der Waals surface area (Å²) in [7, 11) is 0. The Labute approximate surface area is 160 Å². The molecule has 134 valence electrons. The van der Waals surface area contributed by atoms with Crippen LogP contribution in [0, 0.1) is 6.92 Å². The van der Waals surface area contributed by atoms with E-state index in [1.165, 1.54) is 11.3 Å². The maximum atomic E-state index is 12.2. The highest BCUT2D eigenvalue weighted by molar-refractivity contribution is 9.10. The van der Waals surface area contributed by atoms with Crippen molar-refractivity contribution in [3.8, 4) is 0 Å². The average molecular weight is 437 g/mol. The minimum Gasteiger partial charge on any atom is -0.450 e. The summed E-state index contributed by atoms with van der Waals surface area (Å²) < 4.78 is 11.3. The van der Waals surface area contributed by atoms with Crippen LogP contribution in [0.5, 0.6) is 0 Å². The molecule has 2 amide bonds. The van der Waals surface area contributed by atoms with Gasteiger partial charge in [0, 0.05) is 15.4 Å². The van der Waals surface area contributed by atoms with Crippen LogP contribution in [0.2, 0.25) is 0 Å². The van der Waals surface area contributed by atoms with Gasteiger partial charge >= 0.3 is 5.97 Å². The largest absolute Gasteiger partial charge is 0.450 e. The van der Waals surface area contributed by atoms with Crippen LogP contribution in [0.15, 0.2) is 44.6 Å². The fourth-order valence-electron chi connectivity index (χ4n) is 2.22. The van der Waals surface area contributed by atoms with Crippen molar-refractivity contribution in [2.24, 2.45) is 0 Å². The number of aryl methyl sites for hydroxylation is 1. The molecule has 0 spiro atoms. The lowest BCUT2D eigenvalue weighted by molar-refractivity contribution is -0.125. The molecule has 3 aromatic rings. The number of fused-ring (bicyclic) bond motifs is 1. The first-order valence-corrected chi connectivity index (χ1v) is 9.11. The number of rotatable bonds is 4. The van der Waals surface area contributed by atoms with Crippen molar-refractivity contribution >= 4 is 56.0 Å². The van der Waals surface area contributed by atoms with E-state index in [0.29, 0.717) is 16.0 Å². The quantitative estimate of drug-likeness (QED) is 0.483. The maximum Gasteiger partial charge on any atom is 0.375 e. The van der Waals surface area contributed by atoms with E-state index in [2.05, 4.69) is 26.8 Å². The number of hydrogen-bond donors (Lipinski definition) is 2. The number of hydrazine groups is 1. The predicted octanol–water partition coefficient (Wildman–Crippen LogP) is 3.18. The Morgan fingerprint density at radius 1 is 1.23 bits per heavy atom. The third kappa shape index (κ3) is 3.94. The van der Waals surface area contributed by atoms with Crippen LogP contribution in [0.3, 0.4) is 0 Å². The maximum absolute atomic E-state index is 12.2. The first-order chi connectivity index (χ1) is 12.5. The Morgan fingerprint density at radius 2 is 2.04 bits per heavy atom. The van der Waals surface area contributed by atoms with Crippen molar-refractivity contribution < 1.29 is 23.5 Å². The summed E-state index contributed by atoms with van der Waals surface area (Å²) in [5.74, 6) is -1.83. The number of carbonyl (C=O) groups excluding carboxylic acids is 3. The summed E-state index contributed by atoms with van der Waals surface area (Å²) in [6.07, 6.45) is 0. The van der Waals surface area contributed by atoms with E-state index in [-0.39, 0.29) is 5.76 Å². The van der Waals surface area contributed by atoms with Gasteiger partial charge in [-0.15, -0.1) is 11.3 Å². The molecule has 7 nitrogen and oxygen atoms in total. The SMILES string of the molecule is Cc1c(C(=O)OCC(=O)NNC(=O)c2cccs2)oc2ccc(Br)cc12. The molecule has 2 aromatic heterocycles. The molecule has 0 saturated carbocycles. The molecule has 0 aliphatic carbocycles. The number of thiophene rings is 1. The van der Waals surface area contributed by atoms with Gasteiger partial charge in [-0.05, 0) is 36.6 Å². The van der Waals surface area contributed by atoms with Gasteiger partial charge in [0.25, 0.3) is 11.8 Å². The molecule has 0 aliphatic heterocycles. The molecule has 0 atom stereocenters. The molecule has 0 saturated heterocycles. The molecule has 0 radical (unpaired) electrons. The van der Waals surface area contributed by atoms with E-state index in [0.717, 1.165) is 9.86 Å². The molecule has 26 heavy (non-hydrogen) atoms. The zero-order chi connectivity index (χ0) is 18.7. The molecular formula is C17H13BrN2O5S. The summed E-state index contributed by atoms with van der Waals surface area (Å²) in [6, 6.07) is 8.70. The van der Waals surface area contributed by atoms with Crippen LogP contribution in [0.1, 0.15) is 25.8 Å². The number of furan rings is 1. The molecule has 1 aromatic carbocycles. The zero-order valence-electron chi connectivity index (χ0n) is 13.5. The highest BCUT2D eigenvalue weighted by Crippen LogP contribution is 2.28. The molecule has 0 bridgehead atoms. The average Bonchev–Trinajstić information content (AvgIpc) is 3.26. The molecule has 2 heterocycles. The van der Waals surface area contributed by atoms with Gasteiger partial charge in [0.05, 0.1) is 4.88 Å². The topological polar surface area (TPSA) is 97.6 Å². The van der Waals surface area contributed by atoms with Crippen LogP contribution in [-0.4, -0.2) is 24.4 Å². The normalized spacial score (nSPS) is 10.5. The first-order valence-electron chi connectivity index (χ1n) is 7.44. The Balaban J connectivity index is 1.56. The number of halogens is 1. The van der Waals surface area contributed by atoms with E-state index in [1.807, 2.05) is 6.07 Å². The van der Waals surface area contributed by atoms with E-state index in [9.17, 15) is 14.4 Å². The second-order valence-corrected chi connectivity index (χ2v) is 7.12. The van der Waals surface area contributed by atoms with Crippen LogP contribution in [-0.2, 0) is 9.53 Å². The molecular weight excluding hydrogens is 424 g/mol. The Bertz CT molecular complexity index is 981. The van der Waals surface area contributed by atoms with Crippen LogP contribution in [0.4, 0.5) is 0 Å². The lowest BCUT2D eigenvalue weighted by Crippen LogP contribution is -2.43. The summed E-state index contributed by atoms with van der Waals surface area (Å²) in [5.41, 5.74) is 5.59. The number of ether oxygens (including phenoxy) is 1. The van der Waals surface area contributed by atoms with E-state index in [1.54, 1.807) is 36.6 Å². The lowest BCUT2D eigenvalue weighted by Gasteiger charge is -2.06. The molecule has 0 fully saturated rings. The van der Waals surface area contributed by atoms with Gasteiger partial charge in [0.1, 0.15) is 5.58 Å². The number of esters is 1. The fourth-order valence-corrected chi connectivity index (χ4v) is 3.20. The van der Waals surface area contributed by atoms with Crippen molar-refractivity contribution in [3.05, 3.63) is 56.4 Å². The Kier molecular flexibility index (Phi) is 5.38. The first kappa shape index (κ1) is 18.2. The highest BCUT2D eigenvalue weighted by atomic mass is 79.9. The number of hydrogen-bond acceptors (Lipinski definition) is 6. The van der Waals surface area contributed by atoms with Crippen molar-refractivity contribution in [2.75, 3.05) is 6.61 Å². The van der Waals surface area contributed by atoms with Gasteiger partial charge in [0.2, 0.25) is 5.76 Å². The monoisotopic (exact) mass is 436 g/mol. The van der Waals surface area contributed by atoms with Crippen LogP contribution >= 0.6 is 27.3 Å². The van der Waals surface area contributed by atoms with Crippen molar-refractivity contribution in [1.29, 1.82) is 0 Å². The Hall–Kier alpha value is -2.65. The van der Waals surface area contributed by atoms with Crippen molar-refractivity contribution in [1.82, 2.24) is 10.9 Å². The van der Waals surface area contributed by atoms with E-state index < -0.39 is 24.4 Å². The number of amides is 2. The second-order valence-electron chi connectivity index (χ2n) is 5.25. The van der Waals surface area contributed by atoms with Crippen molar-refractivity contribution in [3.63, 3.8) is 0 Å². The van der Waals surface area contributed by atoms with Gasteiger partial charge in [-0.1, -0.05) is 22.0 Å². The zero-order valence-corrected chi connectivity index (χ0v) is 15.9. The lowest BCUT2D eigenvalue weighted by atomic mass is 10.1. The van der Waals surface area contributed by atoms with Crippen molar-refractivity contribution in [2.45, 2.75) is 6.92 Å². The van der Waals surface area contributed by atoms with Crippen LogP contribution < -0.4 is 10.9 Å². The van der Waals surface area contributed by atoms with E-state index >= 15 is 0 Å². The van der Waals surface area contributed by atoms with Gasteiger partial charge < -0.3 is 9.15 Å². The number of carbonyl (C=O) groups is 3. The molecule has 3 rings (SSSR count). The summed E-state index contributed by atoms with van der Waals surface area (Å²) >= 11 is 4.60. The summed E-state index contributed by atoms with van der Waals surface area (Å²) in [6.45, 7) is 1.18. The number of benzene rings is 1. The van der Waals surface area contributed by atoms with Gasteiger partial charge in [0.15, 0.2) is 6.61 Å². The van der Waals surface area contributed by atoms with Crippen LogP contribution in [0.25, 0.3) is 11.0 Å². The minimum atomic E-state index is -0.755. The molecule has 0 aliphatic rings. The summed E-state index contributed by atoms with van der Waals surface area (Å²) in [5, 5.41) is 2.52. The van der Waals surface area contributed by atoms with Gasteiger partial charge in [-0.2, -0.15) is 0 Å². The fraction of sp³-hybridized carbons (Fsp3) is 0.118. The number of nitrogens with one attached hydrogen (secondary N) is 2. The smallest absolute Gasteiger partial charge is 0.375 e. The van der Waals surface area contributed by atoms with Gasteiger partial charge in [-0.3, -0.25) is 20.4 Å². The Morgan fingerprint density at radius 3 is 2.77 bits per heavy atom. The third-order valence-electron chi connectivity index (χ3n) is 3.48. The molecule has 9 heteroatoms. The van der Waals surface area contributed by atoms with Gasteiger partial charge in [-0.25, -0.2) is 4.79 Å². The third-order valence-corrected chi connectivity index (χ3v) is 4.84. The highest BCUT2D eigenvalue weighted by Gasteiger charge is 2.20. The molecule has 0 unspecified atom stereocenters. The standard InChI is InChI=1S/C17H13BrN2O5S/c1-9-11-7-10(18)4-5-12(11)25-15(9)17(23)24-8-14(21)19-20-16(22)13-3-2-6-26-13/h2-7H,8H2,1H3,(H,19,21)(H,20,22). The second kappa shape index (κ2) is 7.71. The molecule has 2 N–H and O–H groups in total. The minimum absolute atomic E-state index is 0.0357. The summed E-state index contributed by atoms with van der Waals surface area (Å²) in [4.78, 5) is 36.0. The predicted molar refractivity (Wildman–Crippen MR) is 98.9 cm³/mol. The van der Waals surface area contributed by atoms with E-state index in [4.69, 9.17) is 9.15 Å².